The number of phenols is 1. The Balaban J connectivity index is 1.98. The molecule has 3 rings (SSSR count). The molecule has 4 nitrogen and oxygen atoms in total. The third-order valence-corrected chi connectivity index (χ3v) is 3.43. The van der Waals surface area contributed by atoms with E-state index in [2.05, 4.69) is 23.7 Å². The van der Waals surface area contributed by atoms with Gasteiger partial charge in [0.05, 0.1) is 12.2 Å². The first kappa shape index (κ1) is 12.2. The highest BCUT2D eigenvalue weighted by Crippen LogP contribution is 2.26. The summed E-state index contributed by atoms with van der Waals surface area (Å²) in [4.78, 5) is 6.80. The summed E-state index contributed by atoms with van der Waals surface area (Å²) in [5, 5.41) is 10.8. The average Bonchev–Trinajstić information content (AvgIpc) is 2.38. The van der Waals surface area contributed by atoms with Crippen LogP contribution in [-0.2, 0) is 4.74 Å². The van der Waals surface area contributed by atoms with Crippen molar-refractivity contribution in [3.63, 3.8) is 0 Å². The van der Waals surface area contributed by atoms with E-state index in [-0.39, 0.29) is 18.0 Å². The van der Waals surface area contributed by atoms with Gasteiger partial charge >= 0.3 is 0 Å². The lowest BCUT2D eigenvalue weighted by Gasteiger charge is -2.36. The number of pyridine rings is 1. The van der Waals surface area contributed by atoms with Crippen LogP contribution in [0.4, 0.5) is 5.82 Å². The standard InChI is InChI=1S/C15H18N2O2/c1-10-8-17(9-11(2)19-10)14-7-6-12-4-3-5-13(18)15(12)16-14/h3-7,10-11,18H,8-9H2,1-2H3. The van der Waals surface area contributed by atoms with Crippen molar-refractivity contribution < 1.29 is 9.84 Å². The molecular formula is C15H18N2O2. The van der Waals surface area contributed by atoms with Gasteiger partial charge in [0.1, 0.15) is 17.1 Å². The fourth-order valence-corrected chi connectivity index (χ4v) is 2.66. The monoisotopic (exact) mass is 258 g/mol. The maximum absolute atomic E-state index is 9.89. The van der Waals surface area contributed by atoms with Crippen molar-refractivity contribution in [3.05, 3.63) is 30.3 Å². The third-order valence-electron chi connectivity index (χ3n) is 3.43. The molecule has 100 valence electrons. The van der Waals surface area contributed by atoms with E-state index in [4.69, 9.17) is 4.74 Å². The SMILES string of the molecule is CC1CN(c2ccc3cccc(O)c3n2)CC(C)O1. The lowest BCUT2D eigenvalue weighted by atomic mass is 10.2. The van der Waals surface area contributed by atoms with Gasteiger partial charge in [-0.05, 0) is 32.0 Å². The number of rotatable bonds is 1. The van der Waals surface area contributed by atoms with Crippen LogP contribution in [0.25, 0.3) is 10.9 Å². The molecule has 1 aliphatic rings. The maximum atomic E-state index is 9.89. The van der Waals surface area contributed by atoms with Crippen LogP contribution >= 0.6 is 0 Å². The van der Waals surface area contributed by atoms with Crippen molar-refractivity contribution in [2.45, 2.75) is 26.1 Å². The Bertz CT molecular complexity index is 590. The Morgan fingerprint density at radius 3 is 2.63 bits per heavy atom. The number of fused-ring (bicyclic) bond motifs is 1. The third kappa shape index (κ3) is 2.36. The van der Waals surface area contributed by atoms with Crippen LogP contribution in [0, 0.1) is 0 Å². The molecule has 2 unspecified atom stereocenters. The minimum absolute atomic E-state index is 0.200. The highest BCUT2D eigenvalue weighted by Gasteiger charge is 2.23. The Labute approximate surface area is 112 Å². The topological polar surface area (TPSA) is 45.6 Å². The van der Waals surface area contributed by atoms with Gasteiger partial charge in [-0.25, -0.2) is 4.98 Å². The van der Waals surface area contributed by atoms with Gasteiger partial charge in [0, 0.05) is 18.5 Å². The summed E-state index contributed by atoms with van der Waals surface area (Å²) in [7, 11) is 0. The average molecular weight is 258 g/mol. The molecular weight excluding hydrogens is 240 g/mol. The zero-order chi connectivity index (χ0) is 13.4. The van der Waals surface area contributed by atoms with E-state index in [9.17, 15) is 5.11 Å². The number of benzene rings is 1. The summed E-state index contributed by atoms with van der Waals surface area (Å²) in [5.41, 5.74) is 0.659. The first-order valence-corrected chi connectivity index (χ1v) is 6.62. The molecule has 1 aromatic heterocycles. The van der Waals surface area contributed by atoms with Gasteiger partial charge in [0.2, 0.25) is 0 Å². The zero-order valence-electron chi connectivity index (χ0n) is 11.2. The molecule has 0 radical (unpaired) electrons. The van der Waals surface area contributed by atoms with E-state index in [1.807, 2.05) is 24.3 Å². The predicted octanol–water partition coefficient (Wildman–Crippen LogP) is 2.55. The molecule has 4 heteroatoms. The lowest BCUT2D eigenvalue weighted by molar-refractivity contribution is -0.00544. The van der Waals surface area contributed by atoms with Crippen LogP contribution in [-0.4, -0.2) is 35.4 Å². The van der Waals surface area contributed by atoms with Gasteiger partial charge in [-0.15, -0.1) is 0 Å². The van der Waals surface area contributed by atoms with E-state index in [1.54, 1.807) is 6.07 Å². The molecule has 2 aromatic rings. The highest BCUT2D eigenvalue weighted by molar-refractivity contribution is 5.85. The number of aromatic hydroxyl groups is 1. The molecule has 1 aromatic carbocycles. The first-order chi connectivity index (χ1) is 9.13. The van der Waals surface area contributed by atoms with Crippen LogP contribution in [0.3, 0.4) is 0 Å². The van der Waals surface area contributed by atoms with Crippen molar-refractivity contribution in [1.82, 2.24) is 4.98 Å². The van der Waals surface area contributed by atoms with Gasteiger partial charge in [0.15, 0.2) is 0 Å². The Morgan fingerprint density at radius 2 is 1.89 bits per heavy atom. The van der Waals surface area contributed by atoms with Crippen molar-refractivity contribution in [1.29, 1.82) is 0 Å². The molecule has 0 amide bonds. The molecule has 0 spiro atoms. The Morgan fingerprint density at radius 1 is 1.16 bits per heavy atom. The van der Waals surface area contributed by atoms with E-state index in [0.717, 1.165) is 24.3 Å². The van der Waals surface area contributed by atoms with Gasteiger partial charge in [-0.1, -0.05) is 12.1 Å². The van der Waals surface area contributed by atoms with Crippen LogP contribution in [0.15, 0.2) is 30.3 Å². The Kier molecular flexibility index (Phi) is 3.03. The van der Waals surface area contributed by atoms with Crippen LogP contribution in [0.2, 0.25) is 0 Å². The normalized spacial score (nSPS) is 23.8. The molecule has 1 saturated heterocycles. The lowest BCUT2D eigenvalue weighted by Crippen LogP contribution is -2.45. The molecule has 2 heterocycles. The smallest absolute Gasteiger partial charge is 0.141 e. The largest absolute Gasteiger partial charge is 0.506 e. The molecule has 1 N–H and O–H groups in total. The van der Waals surface area contributed by atoms with E-state index < -0.39 is 0 Å². The molecule has 1 fully saturated rings. The summed E-state index contributed by atoms with van der Waals surface area (Å²) in [5.74, 6) is 1.13. The fraction of sp³-hybridized carbons (Fsp3) is 0.400. The summed E-state index contributed by atoms with van der Waals surface area (Å²) in [6, 6.07) is 9.46. The molecule has 0 bridgehead atoms. The maximum Gasteiger partial charge on any atom is 0.141 e. The van der Waals surface area contributed by atoms with Crippen LogP contribution in [0.1, 0.15) is 13.8 Å². The molecule has 2 atom stereocenters. The number of hydrogen-bond donors (Lipinski definition) is 1. The van der Waals surface area contributed by atoms with Crippen LogP contribution in [0.5, 0.6) is 5.75 Å². The first-order valence-electron chi connectivity index (χ1n) is 6.62. The van der Waals surface area contributed by atoms with Gasteiger partial charge in [-0.3, -0.25) is 0 Å². The summed E-state index contributed by atoms with van der Waals surface area (Å²) in [6.45, 7) is 5.80. The molecule has 1 aliphatic heterocycles. The summed E-state index contributed by atoms with van der Waals surface area (Å²) >= 11 is 0. The van der Waals surface area contributed by atoms with E-state index in [1.165, 1.54) is 0 Å². The second kappa shape index (κ2) is 4.70. The minimum atomic E-state index is 0.200. The number of anilines is 1. The van der Waals surface area contributed by atoms with Gasteiger partial charge < -0.3 is 14.7 Å². The Hall–Kier alpha value is -1.81. The number of hydrogen-bond acceptors (Lipinski definition) is 4. The van der Waals surface area contributed by atoms with Crippen molar-refractivity contribution in [2.75, 3.05) is 18.0 Å². The number of nitrogens with zero attached hydrogens (tertiary/aromatic N) is 2. The zero-order valence-corrected chi connectivity index (χ0v) is 11.2. The fourth-order valence-electron chi connectivity index (χ4n) is 2.66. The number of para-hydroxylation sites is 1. The summed E-state index contributed by atoms with van der Waals surface area (Å²) < 4.78 is 5.73. The van der Waals surface area contributed by atoms with Crippen LogP contribution < -0.4 is 4.90 Å². The number of phenolic OH excluding ortho intramolecular Hbond substituents is 1. The second-order valence-corrected chi connectivity index (χ2v) is 5.18. The number of aromatic nitrogens is 1. The van der Waals surface area contributed by atoms with Crippen molar-refractivity contribution in [3.8, 4) is 5.75 Å². The van der Waals surface area contributed by atoms with Crippen molar-refractivity contribution in [2.24, 2.45) is 0 Å². The van der Waals surface area contributed by atoms with Crippen molar-refractivity contribution >= 4 is 16.7 Å². The van der Waals surface area contributed by atoms with Gasteiger partial charge in [-0.2, -0.15) is 0 Å². The highest BCUT2D eigenvalue weighted by atomic mass is 16.5. The van der Waals surface area contributed by atoms with E-state index >= 15 is 0 Å². The molecule has 19 heavy (non-hydrogen) atoms. The number of morpholine rings is 1. The summed E-state index contributed by atoms with van der Waals surface area (Å²) in [6.07, 6.45) is 0.399. The van der Waals surface area contributed by atoms with E-state index in [0.29, 0.717) is 5.52 Å². The molecule has 0 aliphatic carbocycles. The molecule has 0 saturated carbocycles. The second-order valence-electron chi connectivity index (χ2n) is 5.18. The number of ether oxygens (including phenoxy) is 1. The van der Waals surface area contributed by atoms with Gasteiger partial charge in [0.25, 0.3) is 0 Å². The minimum Gasteiger partial charge on any atom is -0.506 e. The quantitative estimate of drug-likeness (QED) is 0.854. The predicted molar refractivity (Wildman–Crippen MR) is 75.6 cm³/mol.